The van der Waals surface area contributed by atoms with Crippen LogP contribution in [0.25, 0.3) is 0 Å². The molecule has 0 radical (unpaired) electrons. The summed E-state index contributed by atoms with van der Waals surface area (Å²) >= 11 is 0. The Labute approximate surface area is 149 Å². The lowest BCUT2D eigenvalue weighted by molar-refractivity contribution is 0.262. The fourth-order valence-electron chi connectivity index (χ4n) is 2.70. The minimum Gasteiger partial charge on any atom is -0.491 e. The average molecular weight is 360 g/mol. The number of ether oxygens (including phenoxy) is 2. The molecule has 1 aliphatic rings. The minimum absolute atomic E-state index is 0.124. The van der Waals surface area contributed by atoms with E-state index < -0.39 is 9.84 Å². The fraction of sp³-hybridized carbons (Fsp3) is 0.400. The van der Waals surface area contributed by atoms with Gasteiger partial charge in [0.1, 0.15) is 18.5 Å². The molecule has 1 fully saturated rings. The Hall–Kier alpha value is -1.85. The molecule has 1 aliphatic heterocycles. The molecule has 0 aliphatic carbocycles. The van der Waals surface area contributed by atoms with Crippen molar-refractivity contribution in [2.45, 2.75) is 49.0 Å². The van der Waals surface area contributed by atoms with E-state index in [1.54, 1.807) is 24.3 Å². The highest BCUT2D eigenvalue weighted by Crippen LogP contribution is 2.35. The molecule has 5 heteroatoms. The highest BCUT2D eigenvalue weighted by atomic mass is 32.2. The van der Waals surface area contributed by atoms with Crippen LogP contribution in [0.5, 0.6) is 5.75 Å². The third kappa shape index (κ3) is 4.05. The molecule has 134 valence electrons. The SMILES string of the molecule is Cc1cccc(S(=O)(=O)c2cc(OCC3CO3)ccc2C(C)(C)C)c1. The quantitative estimate of drug-likeness (QED) is 0.759. The Kier molecular flexibility index (Phi) is 4.64. The molecule has 1 heterocycles. The molecule has 0 spiro atoms. The number of sulfone groups is 1. The maximum atomic E-state index is 13.3. The van der Waals surface area contributed by atoms with Crippen LogP contribution in [0.3, 0.4) is 0 Å². The van der Waals surface area contributed by atoms with Gasteiger partial charge in [0, 0.05) is 0 Å². The maximum absolute atomic E-state index is 13.3. The monoisotopic (exact) mass is 360 g/mol. The largest absolute Gasteiger partial charge is 0.491 e. The first-order chi connectivity index (χ1) is 11.7. The van der Waals surface area contributed by atoms with Crippen LogP contribution >= 0.6 is 0 Å². The minimum atomic E-state index is -3.63. The summed E-state index contributed by atoms with van der Waals surface area (Å²) in [5, 5.41) is 0. The first-order valence-corrected chi connectivity index (χ1v) is 9.87. The number of epoxide rings is 1. The highest BCUT2D eigenvalue weighted by Gasteiger charge is 2.29. The van der Waals surface area contributed by atoms with Gasteiger partial charge in [0.25, 0.3) is 0 Å². The second-order valence-corrected chi connectivity index (χ2v) is 9.41. The zero-order valence-corrected chi connectivity index (χ0v) is 15.9. The number of hydrogen-bond acceptors (Lipinski definition) is 4. The van der Waals surface area contributed by atoms with E-state index in [0.29, 0.717) is 28.8 Å². The molecule has 2 aromatic rings. The Bertz CT molecular complexity index is 875. The molecule has 3 rings (SSSR count). The van der Waals surface area contributed by atoms with Gasteiger partial charge in [0.05, 0.1) is 16.4 Å². The molecule has 1 unspecified atom stereocenters. The molecule has 1 atom stereocenters. The zero-order valence-electron chi connectivity index (χ0n) is 15.1. The second kappa shape index (κ2) is 6.46. The summed E-state index contributed by atoms with van der Waals surface area (Å²) in [5.41, 5.74) is 1.39. The average Bonchev–Trinajstić information content (AvgIpc) is 3.36. The van der Waals surface area contributed by atoms with Crippen LogP contribution in [0.1, 0.15) is 31.9 Å². The molecule has 0 bridgehead atoms. The predicted octanol–water partition coefficient (Wildman–Crippen LogP) is 3.90. The van der Waals surface area contributed by atoms with E-state index in [-0.39, 0.29) is 11.5 Å². The van der Waals surface area contributed by atoms with Crippen molar-refractivity contribution in [2.75, 3.05) is 13.2 Å². The van der Waals surface area contributed by atoms with Crippen LogP contribution in [0.4, 0.5) is 0 Å². The lowest BCUT2D eigenvalue weighted by atomic mass is 9.87. The van der Waals surface area contributed by atoms with Crippen LogP contribution in [-0.2, 0) is 20.0 Å². The van der Waals surface area contributed by atoms with E-state index >= 15 is 0 Å². The van der Waals surface area contributed by atoms with Crippen molar-refractivity contribution in [1.29, 1.82) is 0 Å². The maximum Gasteiger partial charge on any atom is 0.207 e. The van der Waals surface area contributed by atoms with E-state index in [1.165, 1.54) is 0 Å². The third-order valence-electron chi connectivity index (χ3n) is 4.19. The molecule has 2 aromatic carbocycles. The molecule has 1 saturated heterocycles. The van der Waals surface area contributed by atoms with Crippen molar-refractivity contribution >= 4 is 9.84 Å². The van der Waals surface area contributed by atoms with E-state index in [9.17, 15) is 8.42 Å². The van der Waals surface area contributed by atoms with Gasteiger partial charge in [0.15, 0.2) is 0 Å². The first kappa shape index (κ1) is 18.0. The lowest BCUT2D eigenvalue weighted by Crippen LogP contribution is -2.17. The van der Waals surface area contributed by atoms with E-state index in [1.807, 2.05) is 45.9 Å². The molecular weight excluding hydrogens is 336 g/mol. The lowest BCUT2D eigenvalue weighted by Gasteiger charge is -2.23. The van der Waals surface area contributed by atoms with E-state index in [4.69, 9.17) is 9.47 Å². The molecule has 4 nitrogen and oxygen atoms in total. The smallest absolute Gasteiger partial charge is 0.207 e. The van der Waals surface area contributed by atoms with Gasteiger partial charge in [-0.3, -0.25) is 0 Å². The Morgan fingerprint density at radius 3 is 2.48 bits per heavy atom. The summed E-state index contributed by atoms with van der Waals surface area (Å²) < 4.78 is 37.4. The van der Waals surface area contributed by atoms with E-state index in [0.717, 1.165) is 11.1 Å². The fourth-order valence-corrected chi connectivity index (χ4v) is 4.49. The Morgan fingerprint density at radius 2 is 1.88 bits per heavy atom. The number of benzene rings is 2. The third-order valence-corrected chi connectivity index (χ3v) is 5.98. The van der Waals surface area contributed by atoms with Gasteiger partial charge in [-0.25, -0.2) is 8.42 Å². The van der Waals surface area contributed by atoms with Gasteiger partial charge >= 0.3 is 0 Å². The van der Waals surface area contributed by atoms with Crippen molar-refractivity contribution in [3.8, 4) is 5.75 Å². The van der Waals surface area contributed by atoms with Crippen molar-refractivity contribution in [3.05, 3.63) is 53.6 Å². The van der Waals surface area contributed by atoms with Gasteiger partial charge in [0.2, 0.25) is 9.84 Å². The number of rotatable bonds is 5. The first-order valence-electron chi connectivity index (χ1n) is 8.38. The molecule has 0 saturated carbocycles. The zero-order chi connectivity index (χ0) is 18.2. The normalized spacial score (nSPS) is 17.4. The summed E-state index contributed by atoms with van der Waals surface area (Å²) in [7, 11) is -3.63. The summed E-state index contributed by atoms with van der Waals surface area (Å²) in [6.07, 6.45) is 0.124. The van der Waals surface area contributed by atoms with Crippen LogP contribution in [-0.4, -0.2) is 27.7 Å². The van der Waals surface area contributed by atoms with Crippen molar-refractivity contribution in [1.82, 2.24) is 0 Å². The summed E-state index contributed by atoms with van der Waals surface area (Å²) in [6.45, 7) is 9.06. The highest BCUT2D eigenvalue weighted by molar-refractivity contribution is 7.91. The summed E-state index contributed by atoms with van der Waals surface area (Å²) in [4.78, 5) is 0.612. The molecule has 25 heavy (non-hydrogen) atoms. The number of hydrogen-bond donors (Lipinski definition) is 0. The van der Waals surface area contributed by atoms with Gasteiger partial charge in [-0.2, -0.15) is 0 Å². The molecular formula is C20H24O4S. The Morgan fingerprint density at radius 1 is 1.16 bits per heavy atom. The second-order valence-electron chi connectivity index (χ2n) is 7.49. The van der Waals surface area contributed by atoms with Crippen LogP contribution in [0.2, 0.25) is 0 Å². The molecule has 0 aromatic heterocycles. The number of aryl methyl sites for hydroxylation is 1. The molecule has 0 amide bonds. The standard InChI is InChI=1S/C20H24O4S/c1-14-6-5-7-17(10-14)25(21,22)19-11-15(23-12-16-13-24-16)8-9-18(19)20(2,3)4/h5-11,16H,12-13H2,1-4H3. The topological polar surface area (TPSA) is 55.9 Å². The summed E-state index contributed by atoms with van der Waals surface area (Å²) in [6, 6.07) is 12.3. The van der Waals surface area contributed by atoms with Crippen LogP contribution in [0, 0.1) is 6.92 Å². The van der Waals surface area contributed by atoms with Crippen LogP contribution < -0.4 is 4.74 Å². The van der Waals surface area contributed by atoms with Gasteiger partial charge in [-0.05, 0) is 47.7 Å². The predicted molar refractivity (Wildman–Crippen MR) is 97.0 cm³/mol. The summed E-state index contributed by atoms with van der Waals surface area (Å²) in [5.74, 6) is 0.551. The van der Waals surface area contributed by atoms with Gasteiger partial charge in [-0.1, -0.05) is 39.0 Å². The van der Waals surface area contributed by atoms with Crippen molar-refractivity contribution < 1.29 is 17.9 Å². The van der Waals surface area contributed by atoms with Gasteiger partial charge in [-0.15, -0.1) is 0 Å². The van der Waals surface area contributed by atoms with Crippen molar-refractivity contribution in [2.24, 2.45) is 0 Å². The van der Waals surface area contributed by atoms with Gasteiger partial charge < -0.3 is 9.47 Å². The van der Waals surface area contributed by atoms with Crippen molar-refractivity contribution in [3.63, 3.8) is 0 Å². The molecule has 0 N–H and O–H groups in total. The van der Waals surface area contributed by atoms with Crippen LogP contribution in [0.15, 0.2) is 52.3 Å². The van der Waals surface area contributed by atoms with E-state index in [2.05, 4.69) is 0 Å². The Balaban J connectivity index is 2.08.